The van der Waals surface area contributed by atoms with Crippen LogP contribution in [0.3, 0.4) is 0 Å². The normalized spacial score (nSPS) is 13.8. The van der Waals surface area contributed by atoms with Gasteiger partial charge >= 0.3 is 5.97 Å². The topological polar surface area (TPSA) is 56.8 Å². The fourth-order valence-electron chi connectivity index (χ4n) is 5.36. The third-order valence-corrected chi connectivity index (χ3v) is 7.72. The predicted octanol–water partition coefficient (Wildman–Crippen LogP) is 9.10. The maximum atomic E-state index is 12.4. The molecular formula is C35H53NO4. The summed E-state index contributed by atoms with van der Waals surface area (Å²) in [6.45, 7) is 4.35. The molecule has 5 heteroatoms. The van der Waals surface area contributed by atoms with Crippen LogP contribution in [0.4, 0.5) is 5.69 Å². The number of anilines is 1. The highest BCUT2D eigenvalue weighted by Gasteiger charge is 2.19. The van der Waals surface area contributed by atoms with Crippen molar-refractivity contribution in [3.05, 3.63) is 54.1 Å². The van der Waals surface area contributed by atoms with Crippen molar-refractivity contribution in [2.24, 2.45) is 0 Å². The highest BCUT2D eigenvalue weighted by atomic mass is 16.7. The molecule has 0 spiro atoms. The van der Waals surface area contributed by atoms with E-state index in [4.69, 9.17) is 14.2 Å². The molecule has 0 radical (unpaired) electrons. The number of unbranched alkanes of at least 4 members (excludes halogenated alkanes) is 13. The number of carbonyl (C=O) groups excluding carboxylic acids is 1. The van der Waals surface area contributed by atoms with Crippen LogP contribution < -0.4 is 5.32 Å². The monoisotopic (exact) mass is 551 g/mol. The maximum Gasteiger partial charge on any atom is 0.306 e. The van der Waals surface area contributed by atoms with Gasteiger partial charge in [0.15, 0.2) is 0 Å². The summed E-state index contributed by atoms with van der Waals surface area (Å²) in [5.41, 5.74) is 4.63. The average molecular weight is 552 g/mol. The van der Waals surface area contributed by atoms with Crippen LogP contribution in [0.15, 0.2) is 48.5 Å². The number of hydrogen-bond acceptors (Lipinski definition) is 5. The van der Waals surface area contributed by atoms with E-state index in [1.807, 2.05) is 6.07 Å². The van der Waals surface area contributed by atoms with Gasteiger partial charge < -0.3 is 19.5 Å². The number of benzene rings is 2. The van der Waals surface area contributed by atoms with E-state index in [0.29, 0.717) is 26.1 Å². The minimum Gasteiger partial charge on any atom is -0.457 e. The predicted molar refractivity (Wildman–Crippen MR) is 166 cm³/mol. The van der Waals surface area contributed by atoms with Crippen molar-refractivity contribution in [3.8, 4) is 11.1 Å². The molecular weight excluding hydrogens is 498 g/mol. The van der Waals surface area contributed by atoms with Crippen molar-refractivity contribution in [2.45, 2.75) is 116 Å². The Morgan fingerprint density at radius 1 is 0.800 bits per heavy atom. The summed E-state index contributed by atoms with van der Waals surface area (Å²) in [5, 5.41) is 3.63. The third-order valence-electron chi connectivity index (χ3n) is 7.72. The first-order valence-corrected chi connectivity index (χ1v) is 16.0. The molecule has 0 aromatic heterocycles. The second kappa shape index (κ2) is 20.5. The number of ether oxygens (including phenoxy) is 3. The van der Waals surface area contributed by atoms with Gasteiger partial charge in [-0.2, -0.15) is 0 Å². The summed E-state index contributed by atoms with van der Waals surface area (Å²) < 4.78 is 16.0. The molecule has 222 valence electrons. The Labute approximate surface area is 243 Å². The van der Waals surface area contributed by atoms with Crippen LogP contribution in [0.2, 0.25) is 0 Å². The lowest BCUT2D eigenvalue weighted by Crippen LogP contribution is -2.33. The van der Waals surface area contributed by atoms with Gasteiger partial charge in [-0.1, -0.05) is 127 Å². The summed E-state index contributed by atoms with van der Waals surface area (Å²) >= 11 is 0. The minimum atomic E-state index is -0.309. The van der Waals surface area contributed by atoms with E-state index in [1.165, 1.54) is 101 Å². The summed E-state index contributed by atoms with van der Waals surface area (Å²) in [7, 11) is 0. The summed E-state index contributed by atoms with van der Waals surface area (Å²) in [5.74, 6) is -0.210. The number of aryl methyl sites for hydroxylation is 1. The second-order valence-corrected chi connectivity index (χ2v) is 11.2. The molecule has 1 aliphatic rings. The van der Waals surface area contributed by atoms with Crippen LogP contribution >= 0.6 is 0 Å². The van der Waals surface area contributed by atoms with Crippen molar-refractivity contribution >= 4 is 11.7 Å². The fraction of sp³-hybridized carbons (Fsp3) is 0.629. The van der Waals surface area contributed by atoms with E-state index in [-0.39, 0.29) is 18.9 Å². The fourth-order valence-corrected chi connectivity index (χ4v) is 5.36. The number of nitrogens with one attached hydrogen (secondary N) is 1. The molecule has 5 nitrogen and oxygen atoms in total. The first-order valence-electron chi connectivity index (χ1n) is 16.0. The molecule has 1 aliphatic heterocycles. The minimum absolute atomic E-state index is 0.210. The Morgan fingerprint density at radius 2 is 1.40 bits per heavy atom. The molecule has 0 unspecified atom stereocenters. The molecule has 1 heterocycles. The van der Waals surface area contributed by atoms with E-state index in [1.54, 1.807) is 0 Å². The molecule has 0 atom stereocenters. The van der Waals surface area contributed by atoms with Crippen molar-refractivity contribution in [1.82, 2.24) is 0 Å². The van der Waals surface area contributed by atoms with Crippen LogP contribution in [0.1, 0.15) is 109 Å². The largest absolute Gasteiger partial charge is 0.457 e. The standard InChI is InChI=1S/C35H53NO4/c1-2-3-4-5-6-7-8-9-10-11-12-13-14-18-25-36-32-23-21-31(34(26-32)30-19-16-15-17-20-30)22-24-35(37)40-33-27-38-29-39-28-33/h15-17,19-21,23,26,33,36H,2-14,18,22,24-25,27-29H2,1H3. The van der Waals surface area contributed by atoms with Gasteiger partial charge in [-0.25, -0.2) is 0 Å². The van der Waals surface area contributed by atoms with E-state index in [0.717, 1.165) is 17.8 Å². The van der Waals surface area contributed by atoms with Gasteiger partial charge in [0.1, 0.15) is 12.9 Å². The molecule has 2 aromatic rings. The van der Waals surface area contributed by atoms with Crippen molar-refractivity contribution in [3.63, 3.8) is 0 Å². The van der Waals surface area contributed by atoms with Crippen molar-refractivity contribution in [1.29, 1.82) is 0 Å². The van der Waals surface area contributed by atoms with Crippen molar-refractivity contribution in [2.75, 3.05) is 31.9 Å². The van der Waals surface area contributed by atoms with Gasteiger partial charge in [0.05, 0.1) is 13.2 Å². The molecule has 2 aromatic carbocycles. The molecule has 0 saturated carbocycles. The van der Waals surface area contributed by atoms with E-state index >= 15 is 0 Å². The lowest BCUT2D eigenvalue weighted by atomic mass is 9.96. The van der Waals surface area contributed by atoms with Gasteiger partial charge in [0, 0.05) is 18.7 Å². The Kier molecular flexibility index (Phi) is 16.5. The Balaban J connectivity index is 1.32. The van der Waals surface area contributed by atoms with Gasteiger partial charge in [0.2, 0.25) is 0 Å². The molecule has 0 bridgehead atoms. The number of esters is 1. The summed E-state index contributed by atoms with van der Waals surface area (Å²) in [6.07, 6.45) is 20.0. The lowest BCUT2D eigenvalue weighted by molar-refractivity contribution is -0.183. The van der Waals surface area contributed by atoms with Gasteiger partial charge in [0.25, 0.3) is 0 Å². The zero-order valence-corrected chi connectivity index (χ0v) is 25.0. The molecule has 1 saturated heterocycles. The van der Waals surface area contributed by atoms with E-state index in [9.17, 15) is 4.79 Å². The lowest BCUT2D eigenvalue weighted by Gasteiger charge is -2.22. The Bertz CT molecular complexity index is 926. The molecule has 1 N–H and O–H groups in total. The second-order valence-electron chi connectivity index (χ2n) is 11.2. The number of rotatable bonds is 21. The van der Waals surface area contributed by atoms with Gasteiger partial charge in [-0.3, -0.25) is 4.79 Å². The highest BCUT2D eigenvalue weighted by molar-refractivity contribution is 5.74. The molecule has 0 amide bonds. The number of hydrogen-bond donors (Lipinski definition) is 1. The zero-order valence-electron chi connectivity index (χ0n) is 25.0. The van der Waals surface area contributed by atoms with Crippen LogP contribution in [0.5, 0.6) is 0 Å². The highest BCUT2D eigenvalue weighted by Crippen LogP contribution is 2.28. The first kappa shape index (κ1) is 32.1. The molecule has 40 heavy (non-hydrogen) atoms. The smallest absolute Gasteiger partial charge is 0.306 e. The maximum absolute atomic E-state index is 12.4. The zero-order chi connectivity index (χ0) is 28.1. The van der Waals surface area contributed by atoms with Gasteiger partial charge in [-0.05, 0) is 41.7 Å². The van der Waals surface area contributed by atoms with E-state index in [2.05, 4.69) is 54.7 Å². The van der Waals surface area contributed by atoms with Crippen LogP contribution in [-0.4, -0.2) is 38.6 Å². The van der Waals surface area contributed by atoms with Crippen LogP contribution in [0.25, 0.3) is 11.1 Å². The third kappa shape index (κ3) is 13.3. The van der Waals surface area contributed by atoms with Crippen LogP contribution in [-0.2, 0) is 25.4 Å². The summed E-state index contributed by atoms with van der Waals surface area (Å²) in [4.78, 5) is 12.4. The van der Waals surface area contributed by atoms with Crippen LogP contribution in [0, 0.1) is 0 Å². The Morgan fingerprint density at radius 3 is 2.02 bits per heavy atom. The molecule has 3 rings (SSSR count). The van der Waals surface area contributed by atoms with Crippen molar-refractivity contribution < 1.29 is 19.0 Å². The molecule has 0 aliphatic carbocycles. The van der Waals surface area contributed by atoms with Gasteiger partial charge in [-0.15, -0.1) is 0 Å². The first-order chi connectivity index (χ1) is 19.8. The van der Waals surface area contributed by atoms with E-state index < -0.39 is 0 Å². The SMILES string of the molecule is CCCCCCCCCCCCCCCCNc1ccc(CCC(=O)OC2COCOC2)c(-c2ccccc2)c1. The summed E-state index contributed by atoms with van der Waals surface area (Å²) in [6, 6.07) is 16.9. The average Bonchev–Trinajstić information content (AvgIpc) is 2.99. The number of carbonyl (C=O) groups is 1. The molecule has 1 fully saturated rings. The quantitative estimate of drug-likeness (QED) is 0.124. The Hall–Kier alpha value is -2.37.